The van der Waals surface area contributed by atoms with Crippen molar-refractivity contribution in [2.75, 3.05) is 11.9 Å². The predicted octanol–water partition coefficient (Wildman–Crippen LogP) is 3.66. The Hall–Kier alpha value is -2.84. The van der Waals surface area contributed by atoms with Crippen LogP contribution in [0, 0.1) is 0 Å². The first-order valence-electron chi connectivity index (χ1n) is 10.5. The fraction of sp³-hybridized carbons (Fsp3) is 0.364. The van der Waals surface area contributed by atoms with Crippen molar-refractivity contribution in [3.8, 4) is 16.9 Å². The smallest absolute Gasteiger partial charge is 0.151 e. The minimum absolute atomic E-state index is 0.533. The molecule has 2 saturated heterocycles. The highest BCUT2D eigenvalue weighted by Crippen LogP contribution is 2.34. The van der Waals surface area contributed by atoms with Gasteiger partial charge < -0.3 is 10.2 Å². The molecule has 152 valence electrons. The van der Waals surface area contributed by atoms with Gasteiger partial charge in [-0.25, -0.2) is 9.67 Å². The first kappa shape index (κ1) is 18.0. The minimum atomic E-state index is 0.533. The molecule has 6 rings (SSSR count). The Kier molecular flexibility index (Phi) is 4.28. The highest BCUT2D eigenvalue weighted by atomic mass is 32.1. The van der Waals surface area contributed by atoms with Crippen molar-refractivity contribution in [1.29, 1.82) is 0 Å². The van der Waals surface area contributed by atoms with Gasteiger partial charge in [0.25, 0.3) is 0 Å². The van der Waals surface area contributed by atoms with Gasteiger partial charge in [-0.15, -0.1) is 21.5 Å². The van der Waals surface area contributed by atoms with Crippen LogP contribution in [0.5, 0.6) is 0 Å². The van der Waals surface area contributed by atoms with E-state index in [0.29, 0.717) is 18.1 Å². The number of fused-ring (bicyclic) bond motifs is 3. The lowest BCUT2D eigenvalue weighted by atomic mass is 9.98. The van der Waals surface area contributed by atoms with Crippen LogP contribution in [0.1, 0.15) is 25.7 Å². The second-order valence-electron chi connectivity index (χ2n) is 8.26. The number of thiazole rings is 1. The summed E-state index contributed by atoms with van der Waals surface area (Å²) in [5, 5.41) is 17.2. The average Bonchev–Trinajstić information content (AvgIpc) is 3.54. The van der Waals surface area contributed by atoms with Gasteiger partial charge in [0.2, 0.25) is 0 Å². The van der Waals surface area contributed by atoms with Gasteiger partial charge in [0.1, 0.15) is 5.52 Å². The molecule has 3 aromatic heterocycles. The molecular weight excluding hydrogens is 394 g/mol. The van der Waals surface area contributed by atoms with Crippen molar-refractivity contribution in [2.45, 2.75) is 43.8 Å². The zero-order valence-electron chi connectivity index (χ0n) is 16.8. The standard InChI is InChI=1S/C22H23N7S/c1-28(16-11-14-3-4-15(12-16)25-14)20-8-6-18(26-27-20)17-5-7-19(29-10-2-9-24-29)21-22(17)30-13-23-21/h2,5-10,13-16,25H,3-4,11-12H2,1H3/t14-,15+,16?. The molecule has 0 amide bonds. The molecule has 7 nitrogen and oxygen atoms in total. The Balaban J connectivity index is 1.30. The second-order valence-corrected chi connectivity index (χ2v) is 9.12. The molecule has 5 heterocycles. The van der Waals surface area contributed by atoms with E-state index in [1.807, 2.05) is 22.5 Å². The molecule has 8 heteroatoms. The predicted molar refractivity (Wildman–Crippen MR) is 119 cm³/mol. The number of aromatic nitrogens is 5. The van der Waals surface area contributed by atoms with Gasteiger partial charge in [0.05, 0.1) is 21.6 Å². The lowest BCUT2D eigenvalue weighted by molar-refractivity contribution is 0.353. The van der Waals surface area contributed by atoms with Crippen molar-refractivity contribution in [3.05, 3.63) is 48.2 Å². The maximum Gasteiger partial charge on any atom is 0.151 e. The Morgan fingerprint density at radius 2 is 1.97 bits per heavy atom. The first-order valence-corrected chi connectivity index (χ1v) is 11.3. The van der Waals surface area contributed by atoms with E-state index in [0.717, 1.165) is 33.0 Å². The maximum absolute atomic E-state index is 4.59. The molecule has 0 radical (unpaired) electrons. The second kappa shape index (κ2) is 7.14. The van der Waals surface area contributed by atoms with E-state index in [1.54, 1.807) is 17.5 Å². The number of hydrogen-bond donors (Lipinski definition) is 1. The van der Waals surface area contributed by atoms with E-state index in [2.05, 4.69) is 61.8 Å². The Bertz CT molecular complexity index is 1160. The topological polar surface area (TPSA) is 71.8 Å². The molecule has 2 fully saturated rings. The van der Waals surface area contributed by atoms with Crippen molar-refractivity contribution < 1.29 is 0 Å². The molecule has 4 aromatic rings. The third kappa shape index (κ3) is 2.98. The first-order chi connectivity index (χ1) is 14.8. The number of hydrogen-bond acceptors (Lipinski definition) is 7. The largest absolute Gasteiger partial charge is 0.355 e. The fourth-order valence-electron chi connectivity index (χ4n) is 4.92. The van der Waals surface area contributed by atoms with E-state index >= 15 is 0 Å². The molecule has 1 unspecified atom stereocenters. The monoisotopic (exact) mass is 417 g/mol. The van der Waals surface area contributed by atoms with Crippen LogP contribution in [0.15, 0.2) is 48.2 Å². The van der Waals surface area contributed by atoms with Crippen LogP contribution >= 0.6 is 11.3 Å². The summed E-state index contributed by atoms with van der Waals surface area (Å²) in [6.07, 6.45) is 8.70. The van der Waals surface area contributed by atoms with Gasteiger partial charge in [-0.05, 0) is 56.0 Å². The zero-order valence-corrected chi connectivity index (χ0v) is 17.6. The molecule has 3 atom stereocenters. The van der Waals surface area contributed by atoms with Gasteiger partial charge in [-0.1, -0.05) is 0 Å². The van der Waals surface area contributed by atoms with Crippen LogP contribution in [0.3, 0.4) is 0 Å². The van der Waals surface area contributed by atoms with E-state index in [1.165, 1.54) is 25.7 Å². The van der Waals surface area contributed by atoms with Crippen LogP contribution in [-0.2, 0) is 0 Å². The summed E-state index contributed by atoms with van der Waals surface area (Å²) in [6, 6.07) is 12.1. The third-order valence-electron chi connectivity index (χ3n) is 6.50. The van der Waals surface area contributed by atoms with Gasteiger partial charge in [-0.2, -0.15) is 5.10 Å². The zero-order chi connectivity index (χ0) is 20.1. The summed E-state index contributed by atoms with van der Waals surface area (Å²) in [7, 11) is 2.15. The molecule has 1 N–H and O–H groups in total. The molecule has 2 bridgehead atoms. The van der Waals surface area contributed by atoms with Crippen LogP contribution in [0.4, 0.5) is 5.82 Å². The number of anilines is 1. The molecular formula is C22H23N7S. The van der Waals surface area contributed by atoms with E-state index < -0.39 is 0 Å². The molecule has 0 saturated carbocycles. The molecule has 2 aliphatic heterocycles. The molecule has 30 heavy (non-hydrogen) atoms. The van der Waals surface area contributed by atoms with E-state index in [-0.39, 0.29) is 0 Å². The van der Waals surface area contributed by atoms with Crippen molar-refractivity contribution in [2.24, 2.45) is 0 Å². The highest BCUT2D eigenvalue weighted by molar-refractivity contribution is 7.17. The maximum atomic E-state index is 4.59. The normalized spacial score (nSPS) is 23.2. The van der Waals surface area contributed by atoms with Crippen molar-refractivity contribution in [3.63, 3.8) is 0 Å². The number of nitrogens with zero attached hydrogens (tertiary/aromatic N) is 6. The van der Waals surface area contributed by atoms with Gasteiger partial charge in [0, 0.05) is 43.1 Å². The van der Waals surface area contributed by atoms with Gasteiger partial charge in [0.15, 0.2) is 5.82 Å². The number of benzene rings is 1. The summed E-state index contributed by atoms with van der Waals surface area (Å²) in [5.74, 6) is 0.943. The van der Waals surface area contributed by atoms with Crippen LogP contribution < -0.4 is 10.2 Å². The summed E-state index contributed by atoms with van der Waals surface area (Å²) in [4.78, 5) is 6.89. The van der Waals surface area contributed by atoms with Gasteiger partial charge in [-0.3, -0.25) is 0 Å². The molecule has 0 spiro atoms. The SMILES string of the molecule is CN(c1ccc(-c2ccc(-n3cccn3)c3ncsc23)nn1)C1C[C@H]2CC[C@@H](C1)N2. The minimum Gasteiger partial charge on any atom is -0.355 e. The highest BCUT2D eigenvalue weighted by Gasteiger charge is 2.35. The molecule has 0 aliphatic carbocycles. The molecule has 2 aliphatic rings. The van der Waals surface area contributed by atoms with E-state index in [9.17, 15) is 0 Å². The molecule has 1 aromatic carbocycles. The van der Waals surface area contributed by atoms with Gasteiger partial charge >= 0.3 is 0 Å². The van der Waals surface area contributed by atoms with Crippen molar-refractivity contribution >= 4 is 27.4 Å². The lowest BCUT2D eigenvalue weighted by Gasteiger charge is -2.36. The summed E-state index contributed by atoms with van der Waals surface area (Å²) >= 11 is 1.62. The average molecular weight is 418 g/mol. The summed E-state index contributed by atoms with van der Waals surface area (Å²) in [6.45, 7) is 0. The fourth-order valence-corrected chi connectivity index (χ4v) is 5.75. The van der Waals surface area contributed by atoms with Crippen LogP contribution in [-0.4, -0.2) is 50.1 Å². The van der Waals surface area contributed by atoms with Crippen LogP contribution in [0.2, 0.25) is 0 Å². The Morgan fingerprint density at radius 3 is 2.70 bits per heavy atom. The summed E-state index contributed by atoms with van der Waals surface area (Å²) in [5.41, 5.74) is 5.73. The third-order valence-corrected chi connectivity index (χ3v) is 7.36. The number of piperidine rings is 1. The lowest BCUT2D eigenvalue weighted by Crippen LogP contribution is -2.47. The number of nitrogens with one attached hydrogen (secondary N) is 1. The van der Waals surface area contributed by atoms with E-state index in [4.69, 9.17) is 0 Å². The quantitative estimate of drug-likeness (QED) is 0.546. The van der Waals surface area contributed by atoms with Crippen molar-refractivity contribution in [1.82, 2.24) is 30.3 Å². The van der Waals surface area contributed by atoms with Crippen LogP contribution in [0.25, 0.3) is 27.2 Å². The number of rotatable bonds is 4. The summed E-state index contributed by atoms with van der Waals surface area (Å²) < 4.78 is 2.95. The Morgan fingerprint density at radius 1 is 1.10 bits per heavy atom. The Labute approximate surface area is 178 Å².